The number of benzene rings is 1. The van der Waals surface area contributed by atoms with Crippen LogP contribution in [0.2, 0.25) is 18.6 Å². The molecule has 4 nitrogen and oxygen atoms in total. The molecule has 3 aliphatic rings. The third-order valence-corrected chi connectivity index (χ3v) is 11.4. The number of halogens is 2. The predicted molar refractivity (Wildman–Crippen MR) is 133 cm³/mol. The number of methoxy groups -OCH3 is 1. The van der Waals surface area contributed by atoms with Crippen molar-refractivity contribution in [3.05, 3.63) is 66.1 Å². The van der Waals surface area contributed by atoms with E-state index in [0.29, 0.717) is 18.5 Å². The number of hydrogen-bond acceptors (Lipinski definition) is 2. The predicted octanol–water partition coefficient (Wildman–Crippen LogP) is 7.26. The number of rotatable bonds is 4. The van der Waals surface area contributed by atoms with Gasteiger partial charge in [0.25, 0.3) is 0 Å². The molecule has 0 aromatic heterocycles. The fraction of sp³-hybridized carbons (Fsp3) is 0.522. The molecule has 1 aromatic rings. The summed E-state index contributed by atoms with van der Waals surface area (Å²) in [4.78, 5) is 0. The van der Waals surface area contributed by atoms with Crippen molar-refractivity contribution in [2.45, 2.75) is 32.0 Å². The van der Waals surface area contributed by atoms with Crippen LogP contribution < -0.4 is 4.74 Å². The summed E-state index contributed by atoms with van der Waals surface area (Å²) >= 11 is -0.556. The Morgan fingerprint density at radius 3 is 2.32 bits per heavy atom. The SMILES string of the molecule is COc1ccc(C2=CC=CC3C2CC(C)C3[Si](C)(C)N2C[N-]C[N-]C2)cc1.[CH3-].[Cl][Ti+4][Cl]. The van der Waals surface area contributed by atoms with Crippen LogP contribution in [-0.2, 0) is 17.0 Å². The van der Waals surface area contributed by atoms with Crippen molar-refractivity contribution in [3.8, 4) is 5.75 Å². The summed E-state index contributed by atoms with van der Waals surface area (Å²) in [6.07, 6.45) is 8.38. The summed E-state index contributed by atoms with van der Waals surface area (Å²) in [5, 5.41) is 9.11. The molecule has 31 heavy (non-hydrogen) atoms. The zero-order valence-electron chi connectivity index (χ0n) is 19.2. The van der Waals surface area contributed by atoms with Gasteiger partial charge in [-0.25, -0.2) is 0 Å². The van der Waals surface area contributed by atoms with Gasteiger partial charge in [-0.1, -0.05) is 50.4 Å². The number of hydrogen-bond donors (Lipinski definition) is 0. The molecule has 8 heteroatoms. The maximum atomic E-state index is 5.34. The van der Waals surface area contributed by atoms with E-state index in [1.807, 2.05) is 0 Å². The van der Waals surface area contributed by atoms with Crippen LogP contribution in [0.4, 0.5) is 0 Å². The molecule has 1 saturated carbocycles. The molecular weight excluding hydrogens is 481 g/mol. The van der Waals surface area contributed by atoms with E-state index in [1.54, 1.807) is 7.11 Å². The van der Waals surface area contributed by atoms with Gasteiger partial charge in [-0.15, -0.1) is 13.3 Å². The van der Waals surface area contributed by atoms with E-state index >= 15 is 0 Å². The quantitative estimate of drug-likeness (QED) is 0.313. The molecular formula is C23H34Cl2N3OSiTi+. The molecule has 4 unspecified atom stereocenters. The van der Waals surface area contributed by atoms with Crippen LogP contribution in [0.3, 0.4) is 0 Å². The van der Waals surface area contributed by atoms with Crippen LogP contribution >= 0.6 is 18.6 Å². The second-order valence-corrected chi connectivity index (χ2v) is 16.0. The summed E-state index contributed by atoms with van der Waals surface area (Å²) < 4.78 is 7.93. The van der Waals surface area contributed by atoms with Crippen molar-refractivity contribution in [1.82, 2.24) is 4.57 Å². The monoisotopic (exact) mass is 514 g/mol. The van der Waals surface area contributed by atoms with Crippen molar-refractivity contribution in [3.63, 3.8) is 0 Å². The third kappa shape index (κ3) is 6.07. The van der Waals surface area contributed by atoms with E-state index in [-0.39, 0.29) is 7.43 Å². The minimum absolute atomic E-state index is 0. The first kappa shape index (κ1) is 27.1. The first-order valence-corrected chi connectivity index (χ1v) is 17.8. The molecule has 1 aromatic carbocycles. The summed E-state index contributed by atoms with van der Waals surface area (Å²) in [7, 11) is 9.86. The summed E-state index contributed by atoms with van der Waals surface area (Å²) in [6.45, 7) is 9.95. The van der Waals surface area contributed by atoms with E-state index in [0.717, 1.165) is 30.5 Å². The fourth-order valence-electron chi connectivity index (χ4n) is 5.62. The molecule has 168 valence electrons. The van der Waals surface area contributed by atoms with E-state index in [2.05, 4.69) is 77.7 Å². The van der Waals surface area contributed by atoms with E-state index in [9.17, 15) is 0 Å². The van der Waals surface area contributed by atoms with Gasteiger partial charge in [-0.3, -0.25) is 6.67 Å². The minimum atomic E-state index is -1.64. The van der Waals surface area contributed by atoms with Gasteiger partial charge in [0.15, 0.2) is 0 Å². The molecule has 0 amide bonds. The number of ether oxygens (including phenoxy) is 1. The van der Waals surface area contributed by atoms with Gasteiger partial charge >= 0.3 is 35.6 Å². The molecule has 0 radical (unpaired) electrons. The number of allylic oxidation sites excluding steroid dienone is 4. The zero-order chi connectivity index (χ0) is 21.7. The van der Waals surface area contributed by atoms with Gasteiger partial charge in [-0.05, 0) is 53.0 Å². The summed E-state index contributed by atoms with van der Waals surface area (Å²) in [5.41, 5.74) is 3.58. The zero-order valence-corrected chi connectivity index (χ0v) is 23.3. The van der Waals surface area contributed by atoms with Gasteiger partial charge in [0.05, 0.1) is 7.11 Å². The standard InChI is InChI=1S/C22H31N3OSi.CH3.2ClH.Ti/c1-16-12-21-19(17-8-10-18(26-2)11-9-17)6-5-7-20(21)22(16)27(3,4)25-14-23-13-24-15-25;;;;/h5-11,16,20-22H,12-15H2,1-4H3;1H3;2*1H;/q-2;-1;;;+6/p-2. The second-order valence-electron chi connectivity index (χ2n) is 8.79. The Balaban J connectivity index is 0.000000808. The topological polar surface area (TPSA) is 40.7 Å². The van der Waals surface area contributed by atoms with Gasteiger partial charge < -0.3 is 27.4 Å². The second kappa shape index (κ2) is 12.4. The van der Waals surface area contributed by atoms with Gasteiger partial charge in [-0.2, -0.15) is 0 Å². The van der Waals surface area contributed by atoms with Crippen LogP contribution in [0.25, 0.3) is 16.2 Å². The third-order valence-electron chi connectivity index (χ3n) is 6.92. The van der Waals surface area contributed by atoms with Crippen LogP contribution in [0.5, 0.6) is 5.75 Å². The molecule has 0 spiro atoms. The Morgan fingerprint density at radius 2 is 1.74 bits per heavy atom. The van der Waals surface area contributed by atoms with E-state index in [4.69, 9.17) is 23.3 Å². The van der Waals surface area contributed by atoms with Crippen molar-refractivity contribution < 1.29 is 21.8 Å². The Morgan fingerprint density at radius 1 is 1.13 bits per heavy atom. The Labute approximate surface area is 206 Å². The first-order chi connectivity index (χ1) is 14.4. The Kier molecular flexibility index (Phi) is 10.8. The fourth-order valence-corrected chi connectivity index (χ4v) is 9.78. The molecule has 2 aliphatic carbocycles. The van der Waals surface area contributed by atoms with E-state index in [1.165, 1.54) is 17.6 Å². The number of nitrogens with zero attached hydrogens (tertiary/aromatic N) is 3. The normalized spacial score (nSPS) is 28.1. The van der Waals surface area contributed by atoms with Crippen LogP contribution in [-0.4, -0.2) is 39.9 Å². The molecule has 2 fully saturated rings. The Bertz CT molecular complexity index is 754. The van der Waals surface area contributed by atoms with Crippen molar-refractivity contribution in [2.75, 3.05) is 27.1 Å². The van der Waals surface area contributed by atoms with Gasteiger partial charge in [0.2, 0.25) is 0 Å². The molecule has 4 rings (SSSR count). The summed E-state index contributed by atoms with van der Waals surface area (Å²) in [6, 6.07) is 8.58. The molecule has 4 atom stereocenters. The average Bonchev–Trinajstić information content (AvgIpc) is 3.11. The number of fused-ring (bicyclic) bond motifs is 1. The van der Waals surface area contributed by atoms with Crippen LogP contribution in [0.1, 0.15) is 18.9 Å². The Hall–Kier alpha value is -0.109. The average molecular weight is 515 g/mol. The van der Waals surface area contributed by atoms with Crippen molar-refractivity contribution >= 4 is 32.4 Å². The molecule has 0 N–H and O–H groups in total. The van der Waals surface area contributed by atoms with Crippen molar-refractivity contribution in [1.29, 1.82) is 0 Å². The van der Waals surface area contributed by atoms with Crippen LogP contribution in [0.15, 0.2) is 42.5 Å². The first-order valence-electron chi connectivity index (χ1n) is 10.4. The summed E-state index contributed by atoms with van der Waals surface area (Å²) in [5.74, 6) is 2.90. The molecule has 0 bridgehead atoms. The maximum absolute atomic E-state index is 5.34. The molecule has 1 saturated heterocycles. The van der Waals surface area contributed by atoms with Gasteiger partial charge in [0, 0.05) is 0 Å². The van der Waals surface area contributed by atoms with Gasteiger partial charge in [0.1, 0.15) is 14.0 Å². The van der Waals surface area contributed by atoms with Crippen LogP contribution in [0, 0.1) is 25.2 Å². The molecule has 1 aliphatic heterocycles. The van der Waals surface area contributed by atoms with Crippen molar-refractivity contribution in [2.24, 2.45) is 17.8 Å². The van der Waals surface area contributed by atoms with E-state index < -0.39 is 25.3 Å². The molecule has 1 heterocycles.